The third-order valence-corrected chi connectivity index (χ3v) is 4.48. The minimum absolute atomic E-state index is 0.0305. The molecule has 0 aliphatic carbocycles. The standard InChI is InChI=1S/C11H24O7S2/c1-11(2)18-20(15,16)10-6-4-8-17-7-3-5-9-19(12,13)14/h11H,3-10H2,1-2H3,(H,12,13,14). The van der Waals surface area contributed by atoms with E-state index in [1.807, 2.05) is 0 Å². The Labute approximate surface area is 121 Å². The Balaban J connectivity index is 3.46. The predicted octanol–water partition coefficient (Wildman–Crippen LogP) is 1.21. The Kier molecular flexibility index (Phi) is 9.56. The summed E-state index contributed by atoms with van der Waals surface area (Å²) >= 11 is 0. The van der Waals surface area contributed by atoms with E-state index in [9.17, 15) is 16.8 Å². The van der Waals surface area contributed by atoms with E-state index in [-0.39, 0.29) is 17.6 Å². The quantitative estimate of drug-likeness (QED) is 0.325. The highest BCUT2D eigenvalue weighted by atomic mass is 32.2. The summed E-state index contributed by atoms with van der Waals surface area (Å²) < 4.78 is 62.1. The van der Waals surface area contributed by atoms with Crippen molar-refractivity contribution >= 4 is 20.2 Å². The number of rotatable bonds is 12. The van der Waals surface area contributed by atoms with Crippen LogP contribution in [0, 0.1) is 0 Å². The van der Waals surface area contributed by atoms with Crippen molar-refractivity contribution in [2.75, 3.05) is 24.7 Å². The van der Waals surface area contributed by atoms with Gasteiger partial charge in [-0.05, 0) is 39.5 Å². The zero-order valence-corrected chi connectivity index (χ0v) is 13.6. The van der Waals surface area contributed by atoms with Crippen LogP contribution in [-0.4, -0.2) is 52.2 Å². The fraction of sp³-hybridized carbons (Fsp3) is 1.00. The summed E-state index contributed by atoms with van der Waals surface area (Å²) in [5.41, 5.74) is 0. The normalized spacial score (nSPS) is 13.0. The molecule has 0 aliphatic heterocycles. The molecule has 0 aromatic heterocycles. The van der Waals surface area contributed by atoms with Crippen molar-refractivity contribution in [2.45, 2.75) is 45.6 Å². The van der Waals surface area contributed by atoms with E-state index < -0.39 is 20.2 Å². The third-order valence-electron chi connectivity index (χ3n) is 2.21. The highest BCUT2D eigenvalue weighted by Crippen LogP contribution is 2.03. The molecule has 0 fully saturated rings. The number of hydrogen-bond acceptors (Lipinski definition) is 6. The van der Waals surface area contributed by atoms with Gasteiger partial charge in [-0.1, -0.05) is 0 Å². The first-order valence-corrected chi connectivity index (χ1v) is 9.75. The van der Waals surface area contributed by atoms with Crippen molar-refractivity contribution in [2.24, 2.45) is 0 Å². The van der Waals surface area contributed by atoms with Crippen LogP contribution < -0.4 is 0 Å². The second kappa shape index (κ2) is 9.67. The fourth-order valence-electron chi connectivity index (χ4n) is 1.41. The maximum atomic E-state index is 11.4. The molecule has 1 N–H and O–H groups in total. The molecule has 0 atom stereocenters. The molecule has 0 aliphatic rings. The van der Waals surface area contributed by atoms with Gasteiger partial charge in [0.05, 0.1) is 17.6 Å². The zero-order chi connectivity index (χ0) is 15.6. The molecule has 0 aromatic carbocycles. The van der Waals surface area contributed by atoms with E-state index in [1.54, 1.807) is 13.8 Å². The molecule has 0 aromatic rings. The van der Waals surface area contributed by atoms with Gasteiger partial charge in [-0.3, -0.25) is 8.74 Å². The van der Waals surface area contributed by atoms with Crippen LogP contribution in [0.5, 0.6) is 0 Å². The Morgan fingerprint density at radius 2 is 1.40 bits per heavy atom. The van der Waals surface area contributed by atoms with Gasteiger partial charge in [-0.15, -0.1) is 0 Å². The Morgan fingerprint density at radius 1 is 0.900 bits per heavy atom. The smallest absolute Gasteiger partial charge is 0.267 e. The van der Waals surface area contributed by atoms with Crippen molar-refractivity contribution in [3.63, 3.8) is 0 Å². The average Bonchev–Trinajstić information content (AvgIpc) is 2.23. The lowest BCUT2D eigenvalue weighted by Crippen LogP contribution is -2.16. The summed E-state index contributed by atoms with van der Waals surface area (Å²) in [7, 11) is -7.34. The van der Waals surface area contributed by atoms with E-state index in [1.165, 1.54) is 0 Å². The minimum Gasteiger partial charge on any atom is -0.381 e. The molecule has 0 unspecified atom stereocenters. The summed E-state index contributed by atoms with van der Waals surface area (Å²) in [5.74, 6) is -0.293. The lowest BCUT2D eigenvalue weighted by molar-refractivity contribution is 0.128. The second-order valence-electron chi connectivity index (χ2n) is 4.72. The molecule has 122 valence electrons. The van der Waals surface area contributed by atoms with Gasteiger partial charge in [0.1, 0.15) is 0 Å². The van der Waals surface area contributed by atoms with Crippen LogP contribution in [-0.2, 0) is 29.2 Å². The molecule has 20 heavy (non-hydrogen) atoms. The van der Waals surface area contributed by atoms with Crippen LogP contribution in [0.3, 0.4) is 0 Å². The predicted molar refractivity (Wildman–Crippen MR) is 75.7 cm³/mol. The molecule has 0 saturated carbocycles. The van der Waals surface area contributed by atoms with E-state index in [2.05, 4.69) is 0 Å². The van der Waals surface area contributed by atoms with Gasteiger partial charge in [0.2, 0.25) is 0 Å². The Morgan fingerprint density at radius 3 is 1.85 bits per heavy atom. The molecular formula is C11H24O7S2. The summed E-state index contributed by atoms with van der Waals surface area (Å²) in [6, 6.07) is 0. The van der Waals surface area contributed by atoms with Crippen molar-refractivity contribution in [3.8, 4) is 0 Å². The second-order valence-corrected chi connectivity index (χ2v) is 8.01. The maximum absolute atomic E-state index is 11.4. The zero-order valence-electron chi connectivity index (χ0n) is 11.9. The molecule has 0 heterocycles. The first-order chi connectivity index (χ1) is 9.12. The van der Waals surface area contributed by atoms with Crippen molar-refractivity contribution in [1.82, 2.24) is 0 Å². The average molecular weight is 332 g/mol. The van der Waals surface area contributed by atoms with Gasteiger partial charge in [0.25, 0.3) is 20.2 Å². The minimum atomic E-state index is -3.89. The van der Waals surface area contributed by atoms with Crippen LogP contribution in [0.2, 0.25) is 0 Å². The van der Waals surface area contributed by atoms with Crippen molar-refractivity contribution in [3.05, 3.63) is 0 Å². The van der Waals surface area contributed by atoms with Gasteiger partial charge < -0.3 is 4.74 Å². The van der Waals surface area contributed by atoms with Crippen LogP contribution in [0.1, 0.15) is 39.5 Å². The Bertz CT molecular complexity index is 439. The van der Waals surface area contributed by atoms with Gasteiger partial charge in [0, 0.05) is 13.2 Å². The van der Waals surface area contributed by atoms with Gasteiger partial charge in [0.15, 0.2) is 0 Å². The molecule has 0 rings (SSSR count). The van der Waals surface area contributed by atoms with E-state index >= 15 is 0 Å². The lowest BCUT2D eigenvalue weighted by atomic mass is 10.3. The SMILES string of the molecule is CC(C)OS(=O)(=O)CCCCOCCCCS(=O)(=O)O. The summed E-state index contributed by atoms with van der Waals surface area (Å²) in [5, 5.41) is 0. The van der Waals surface area contributed by atoms with Gasteiger partial charge in [-0.25, -0.2) is 0 Å². The number of hydrogen-bond donors (Lipinski definition) is 1. The molecule has 0 radical (unpaired) electrons. The number of unbranched alkanes of at least 4 members (excludes halogenated alkanes) is 2. The highest BCUT2D eigenvalue weighted by Gasteiger charge is 2.12. The van der Waals surface area contributed by atoms with Crippen LogP contribution in [0.25, 0.3) is 0 Å². The lowest BCUT2D eigenvalue weighted by Gasteiger charge is -2.08. The van der Waals surface area contributed by atoms with Crippen molar-refractivity contribution in [1.29, 1.82) is 0 Å². The van der Waals surface area contributed by atoms with Gasteiger partial charge >= 0.3 is 0 Å². The number of ether oxygens (including phenoxy) is 1. The summed E-state index contributed by atoms with van der Waals surface area (Å²) in [6.07, 6.45) is 1.59. The molecule has 0 spiro atoms. The molecule has 0 bridgehead atoms. The van der Waals surface area contributed by atoms with E-state index in [0.29, 0.717) is 38.9 Å². The first-order valence-electron chi connectivity index (χ1n) is 6.56. The Hall–Kier alpha value is -0.220. The largest absolute Gasteiger partial charge is 0.381 e. The van der Waals surface area contributed by atoms with E-state index in [0.717, 1.165) is 0 Å². The third kappa shape index (κ3) is 14.2. The fourth-order valence-corrected chi connectivity index (χ4v) is 3.22. The highest BCUT2D eigenvalue weighted by molar-refractivity contribution is 7.86. The summed E-state index contributed by atoms with van der Waals surface area (Å²) in [4.78, 5) is 0. The monoisotopic (exact) mass is 332 g/mol. The molecule has 9 heteroatoms. The van der Waals surface area contributed by atoms with Gasteiger partial charge in [-0.2, -0.15) is 16.8 Å². The molecule has 7 nitrogen and oxygen atoms in total. The molecule has 0 amide bonds. The van der Waals surface area contributed by atoms with Crippen LogP contribution >= 0.6 is 0 Å². The molecule has 0 saturated heterocycles. The van der Waals surface area contributed by atoms with Crippen LogP contribution in [0.15, 0.2) is 0 Å². The van der Waals surface area contributed by atoms with Crippen LogP contribution in [0.4, 0.5) is 0 Å². The summed E-state index contributed by atoms with van der Waals surface area (Å²) in [6.45, 7) is 4.13. The molecular weight excluding hydrogens is 308 g/mol. The maximum Gasteiger partial charge on any atom is 0.267 e. The topological polar surface area (TPSA) is 107 Å². The first kappa shape index (κ1) is 19.8. The van der Waals surface area contributed by atoms with E-state index in [4.69, 9.17) is 13.5 Å². The van der Waals surface area contributed by atoms with Crippen molar-refractivity contribution < 1.29 is 30.3 Å².